The van der Waals surface area contributed by atoms with Gasteiger partial charge in [-0.1, -0.05) is 0 Å². The SMILES string of the molecule is C[Si](C)(C)O[SiH3].[H+]. The molecule has 0 aromatic heterocycles. The molecule has 0 saturated heterocycles. The molecule has 0 aliphatic rings. The van der Waals surface area contributed by atoms with Gasteiger partial charge in [0.2, 0.25) is 0 Å². The molecule has 0 N–H and O–H groups in total. The van der Waals surface area contributed by atoms with Gasteiger partial charge in [-0.3, -0.25) is 0 Å². The third-order valence-corrected chi connectivity index (χ3v) is 5.51. The molecule has 0 saturated carbocycles. The van der Waals surface area contributed by atoms with Gasteiger partial charge in [-0.15, -0.1) is 0 Å². The van der Waals surface area contributed by atoms with E-state index in [4.69, 9.17) is 4.12 Å². The first kappa shape index (κ1) is 6.39. The summed E-state index contributed by atoms with van der Waals surface area (Å²) in [4.78, 5) is 0. The maximum absolute atomic E-state index is 5.22. The maximum atomic E-state index is 5.22. The van der Waals surface area contributed by atoms with Gasteiger partial charge in [0.1, 0.15) is 10.5 Å². The summed E-state index contributed by atoms with van der Waals surface area (Å²) in [6.07, 6.45) is 0. The van der Waals surface area contributed by atoms with Crippen molar-refractivity contribution in [1.29, 1.82) is 0 Å². The summed E-state index contributed by atoms with van der Waals surface area (Å²) in [6, 6.07) is 0. The number of hydrogen-bond acceptors (Lipinski definition) is 1. The van der Waals surface area contributed by atoms with Crippen LogP contribution in [0.4, 0.5) is 0 Å². The Morgan fingerprint density at radius 1 is 1.50 bits per heavy atom. The van der Waals surface area contributed by atoms with Gasteiger partial charge < -0.3 is 4.12 Å². The van der Waals surface area contributed by atoms with Crippen LogP contribution in [0.2, 0.25) is 19.6 Å². The highest BCUT2D eigenvalue weighted by Crippen LogP contribution is 1.96. The zero-order valence-electron chi connectivity index (χ0n) is 5.91. The van der Waals surface area contributed by atoms with E-state index in [0.29, 0.717) is 0 Å². The lowest BCUT2D eigenvalue weighted by Crippen LogP contribution is -2.23. The zero-order chi connectivity index (χ0) is 5.21. The van der Waals surface area contributed by atoms with Crippen LogP contribution in [0, 0.1) is 0 Å². The largest absolute Gasteiger partial charge is 1.00 e. The van der Waals surface area contributed by atoms with E-state index < -0.39 is 8.32 Å². The second-order valence-corrected chi connectivity index (χ2v) is 8.17. The van der Waals surface area contributed by atoms with E-state index in [2.05, 4.69) is 19.6 Å². The van der Waals surface area contributed by atoms with E-state index >= 15 is 0 Å². The Morgan fingerprint density at radius 3 is 1.67 bits per heavy atom. The fourth-order valence-electron chi connectivity index (χ4n) is 0. The molecule has 6 heavy (non-hydrogen) atoms. The smallest absolute Gasteiger partial charge is 0.464 e. The molecule has 38 valence electrons. The molecule has 0 radical (unpaired) electrons. The van der Waals surface area contributed by atoms with Gasteiger partial charge in [-0.2, -0.15) is 0 Å². The summed E-state index contributed by atoms with van der Waals surface area (Å²) in [7, 11) is -0.160. The first-order chi connectivity index (χ1) is 2.56. The molecular formula is C3H13OSi2+. The minimum absolute atomic E-state index is 0. The predicted octanol–water partition coefficient (Wildman–Crippen LogP) is 0.231. The average molecular weight is 121 g/mol. The first-order valence-corrected chi connectivity index (χ1v) is 6.34. The van der Waals surface area contributed by atoms with Crippen molar-refractivity contribution in [2.24, 2.45) is 0 Å². The Balaban J connectivity index is 0. The molecule has 3 heteroatoms. The topological polar surface area (TPSA) is 9.23 Å². The van der Waals surface area contributed by atoms with Crippen molar-refractivity contribution in [1.82, 2.24) is 0 Å². The molecule has 0 fully saturated rings. The Hall–Kier alpha value is 0.394. The Kier molecular flexibility index (Phi) is 2.03. The van der Waals surface area contributed by atoms with E-state index in [0.717, 1.165) is 10.5 Å². The molecule has 0 heterocycles. The summed E-state index contributed by atoms with van der Waals surface area (Å²) >= 11 is 0. The van der Waals surface area contributed by atoms with Gasteiger partial charge in [0.05, 0.1) is 0 Å². The fourth-order valence-corrected chi connectivity index (χ4v) is 0. The van der Waals surface area contributed by atoms with Gasteiger partial charge in [0.15, 0.2) is 8.32 Å². The van der Waals surface area contributed by atoms with Crippen LogP contribution in [0.25, 0.3) is 0 Å². The zero-order valence-corrected chi connectivity index (χ0v) is 7.91. The van der Waals surface area contributed by atoms with Crippen LogP contribution >= 0.6 is 0 Å². The van der Waals surface area contributed by atoms with E-state index in [1.807, 2.05) is 0 Å². The lowest BCUT2D eigenvalue weighted by Gasteiger charge is -2.11. The van der Waals surface area contributed by atoms with E-state index in [1.165, 1.54) is 0 Å². The summed E-state index contributed by atoms with van der Waals surface area (Å²) in [5.74, 6) is 0. The van der Waals surface area contributed by atoms with E-state index in [9.17, 15) is 0 Å². The van der Waals surface area contributed by atoms with Crippen LogP contribution < -0.4 is 0 Å². The van der Waals surface area contributed by atoms with Gasteiger partial charge in [-0.05, 0) is 19.6 Å². The van der Waals surface area contributed by atoms with Crippen LogP contribution in [0.1, 0.15) is 1.43 Å². The van der Waals surface area contributed by atoms with Crippen molar-refractivity contribution in [3.63, 3.8) is 0 Å². The van der Waals surface area contributed by atoms with Crippen LogP contribution in [0.3, 0.4) is 0 Å². The molecule has 0 aromatic rings. The first-order valence-electron chi connectivity index (χ1n) is 2.11. The normalized spacial score (nSPS) is 12.5. The van der Waals surface area contributed by atoms with Crippen molar-refractivity contribution in [2.75, 3.05) is 0 Å². The standard InChI is InChI=1S/C3H12OSi2/c1-6(2,3)4-5/h1-3,5H3/p+1. The maximum Gasteiger partial charge on any atom is 1.00 e. The number of hydrogen-bond donors (Lipinski definition) is 0. The molecule has 0 aliphatic carbocycles. The van der Waals surface area contributed by atoms with Crippen molar-refractivity contribution in [3.8, 4) is 0 Å². The molecule has 0 aliphatic heterocycles. The van der Waals surface area contributed by atoms with Gasteiger partial charge in [-0.25, -0.2) is 0 Å². The van der Waals surface area contributed by atoms with Gasteiger partial charge in [0, 0.05) is 0 Å². The van der Waals surface area contributed by atoms with Gasteiger partial charge in [0.25, 0.3) is 0 Å². The lowest BCUT2D eigenvalue weighted by atomic mass is 11.8. The van der Waals surface area contributed by atoms with Crippen molar-refractivity contribution in [3.05, 3.63) is 0 Å². The van der Waals surface area contributed by atoms with Crippen molar-refractivity contribution in [2.45, 2.75) is 19.6 Å². The fraction of sp³-hybridized carbons (Fsp3) is 1.00. The molecule has 0 unspecified atom stereocenters. The highest BCUT2D eigenvalue weighted by Gasteiger charge is 2.08. The van der Waals surface area contributed by atoms with Crippen molar-refractivity contribution < 1.29 is 5.54 Å². The van der Waals surface area contributed by atoms with Crippen molar-refractivity contribution >= 4 is 18.8 Å². The Morgan fingerprint density at radius 2 is 1.67 bits per heavy atom. The second kappa shape index (κ2) is 1.90. The van der Waals surface area contributed by atoms with Crippen LogP contribution in [0.15, 0.2) is 0 Å². The molecule has 0 atom stereocenters. The minimum Gasteiger partial charge on any atom is -0.464 e. The summed E-state index contributed by atoms with van der Waals surface area (Å²) in [5.41, 5.74) is 0. The average Bonchev–Trinajstić information content (AvgIpc) is 1.35. The molecule has 0 aromatic carbocycles. The van der Waals surface area contributed by atoms with E-state index in [-0.39, 0.29) is 1.43 Å². The third kappa shape index (κ3) is 4.39. The highest BCUT2D eigenvalue weighted by molar-refractivity contribution is 6.72. The van der Waals surface area contributed by atoms with Crippen LogP contribution in [-0.2, 0) is 4.12 Å². The Labute approximate surface area is 44.9 Å². The summed E-state index contributed by atoms with van der Waals surface area (Å²) < 4.78 is 5.22. The van der Waals surface area contributed by atoms with Crippen LogP contribution in [-0.4, -0.2) is 18.8 Å². The monoisotopic (exact) mass is 121 g/mol. The quantitative estimate of drug-likeness (QED) is 0.451. The lowest BCUT2D eigenvalue weighted by molar-refractivity contribution is 0.620. The molecule has 0 amide bonds. The number of rotatable bonds is 1. The molecule has 0 bridgehead atoms. The summed E-state index contributed by atoms with van der Waals surface area (Å²) in [6.45, 7) is 6.58. The molecular weight excluding hydrogens is 108 g/mol. The van der Waals surface area contributed by atoms with Gasteiger partial charge >= 0.3 is 1.43 Å². The molecule has 0 spiro atoms. The van der Waals surface area contributed by atoms with Crippen LogP contribution in [0.5, 0.6) is 0 Å². The molecule has 0 rings (SSSR count). The summed E-state index contributed by atoms with van der Waals surface area (Å²) in [5, 5.41) is 0. The molecule has 1 nitrogen and oxygen atoms in total. The minimum atomic E-state index is -1.07. The van der Waals surface area contributed by atoms with E-state index in [1.54, 1.807) is 0 Å². The Bertz CT molecular complexity index is 42.7. The predicted molar refractivity (Wildman–Crippen MR) is 35.5 cm³/mol. The highest BCUT2D eigenvalue weighted by atomic mass is 28.4. The second-order valence-electron chi connectivity index (χ2n) is 2.32. The third-order valence-electron chi connectivity index (χ3n) is 0.612.